The molecule has 16 heavy (non-hydrogen) atoms. The molecule has 0 saturated heterocycles. The molecule has 94 valence electrons. The van der Waals surface area contributed by atoms with E-state index in [1.165, 1.54) is 0 Å². The molecule has 0 spiro atoms. The second-order valence-corrected chi connectivity index (χ2v) is 4.92. The number of carbonyl (C=O) groups is 2. The number of aliphatic carboxylic acids is 1. The standard InChI is InChI=1S/C12H22O3S/c1-3-4-5-6-7-10(12(14)15)11(13)8-9-16-2/h10H,3-9H2,1-2H3,(H,14,15)/p-1. The number of hydrogen-bond acceptors (Lipinski definition) is 4. The summed E-state index contributed by atoms with van der Waals surface area (Å²) >= 11 is 1.56. The molecular weight excluding hydrogens is 224 g/mol. The lowest BCUT2D eigenvalue weighted by atomic mass is 9.95. The minimum atomic E-state index is -1.21. The van der Waals surface area contributed by atoms with Crippen LogP contribution < -0.4 is 5.11 Å². The highest BCUT2D eigenvalue weighted by Gasteiger charge is 2.18. The maximum absolute atomic E-state index is 11.6. The predicted molar refractivity (Wildman–Crippen MR) is 65.3 cm³/mol. The van der Waals surface area contributed by atoms with Crippen molar-refractivity contribution in [3.05, 3.63) is 0 Å². The largest absolute Gasteiger partial charge is 0.549 e. The number of carboxylic acids is 1. The molecule has 0 aliphatic rings. The third-order valence-corrected chi connectivity index (χ3v) is 3.18. The van der Waals surface area contributed by atoms with Crippen molar-refractivity contribution < 1.29 is 14.7 Å². The second kappa shape index (κ2) is 9.70. The number of ketones is 1. The van der Waals surface area contributed by atoms with Crippen LogP contribution in [-0.4, -0.2) is 23.8 Å². The van der Waals surface area contributed by atoms with E-state index in [9.17, 15) is 14.7 Å². The molecule has 0 amide bonds. The fourth-order valence-electron chi connectivity index (χ4n) is 1.56. The molecule has 0 aliphatic carbocycles. The highest BCUT2D eigenvalue weighted by atomic mass is 32.2. The molecule has 0 heterocycles. The van der Waals surface area contributed by atoms with Gasteiger partial charge >= 0.3 is 0 Å². The van der Waals surface area contributed by atoms with Gasteiger partial charge in [0.15, 0.2) is 0 Å². The number of carboxylic acid groups (broad SMARTS) is 1. The van der Waals surface area contributed by atoms with Crippen LogP contribution in [0.4, 0.5) is 0 Å². The van der Waals surface area contributed by atoms with Crippen LogP contribution in [-0.2, 0) is 9.59 Å². The van der Waals surface area contributed by atoms with Crippen LogP contribution in [0.3, 0.4) is 0 Å². The van der Waals surface area contributed by atoms with Crippen LogP contribution in [0.1, 0.15) is 45.4 Å². The van der Waals surface area contributed by atoms with Crippen LogP contribution in [0.2, 0.25) is 0 Å². The lowest BCUT2D eigenvalue weighted by molar-refractivity contribution is -0.310. The van der Waals surface area contributed by atoms with Crippen molar-refractivity contribution in [1.29, 1.82) is 0 Å². The van der Waals surface area contributed by atoms with Gasteiger partial charge in [0.05, 0.1) is 11.9 Å². The van der Waals surface area contributed by atoms with E-state index >= 15 is 0 Å². The van der Waals surface area contributed by atoms with Gasteiger partial charge in [-0.3, -0.25) is 4.79 Å². The van der Waals surface area contributed by atoms with Crippen LogP contribution >= 0.6 is 11.8 Å². The molecule has 0 rings (SSSR count). The van der Waals surface area contributed by atoms with Gasteiger partial charge in [-0.2, -0.15) is 11.8 Å². The smallest absolute Gasteiger partial charge is 0.142 e. The fourth-order valence-corrected chi connectivity index (χ4v) is 1.97. The number of hydrogen-bond donors (Lipinski definition) is 0. The predicted octanol–water partition coefficient (Wildman–Crippen LogP) is 1.65. The summed E-state index contributed by atoms with van der Waals surface area (Å²) in [7, 11) is 0. The maximum Gasteiger partial charge on any atom is 0.142 e. The van der Waals surface area contributed by atoms with Crippen LogP contribution in [0.5, 0.6) is 0 Å². The fraction of sp³-hybridized carbons (Fsp3) is 0.833. The lowest BCUT2D eigenvalue weighted by Gasteiger charge is -2.16. The zero-order valence-electron chi connectivity index (χ0n) is 10.2. The van der Waals surface area contributed by atoms with Crippen LogP contribution in [0, 0.1) is 5.92 Å². The quantitative estimate of drug-likeness (QED) is 0.434. The van der Waals surface area contributed by atoms with Crippen molar-refractivity contribution in [2.45, 2.75) is 45.4 Å². The van der Waals surface area contributed by atoms with E-state index in [-0.39, 0.29) is 5.78 Å². The first kappa shape index (κ1) is 15.5. The van der Waals surface area contributed by atoms with Gasteiger partial charge < -0.3 is 9.90 Å². The number of Topliss-reactive ketones (excluding diaryl/α,β-unsaturated/α-hetero) is 1. The Labute approximate surface area is 102 Å². The summed E-state index contributed by atoms with van der Waals surface area (Å²) in [5, 5.41) is 10.8. The van der Waals surface area contributed by atoms with Gasteiger partial charge in [-0.15, -0.1) is 0 Å². The number of carbonyl (C=O) groups excluding carboxylic acids is 2. The molecule has 0 saturated carbocycles. The van der Waals surface area contributed by atoms with E-state index in [2.05, 4.69) is 6.92 Å². The van der Waals surface area contributed by atoms with E-state index < -0.39 is 11.9 Å². The minimum absolute atomic E-state index is 0.175. The van der Waals surface area contributed by atoms with Crippen molar-refractivity contribution in [2.24, 2.45) is 5.92 Å². The summed E-state index contributed by atoms with van der Waals surface area (Å²) in [6.07, 6.45) is 6.69. The molecular formula is C12H21O3S-. The second-order valence-electron chi connectivity index (χ2n) is 3.93. The molecule has 1 unspecified atom stereocenters. The molecule has 1 atom stereocenters. The summed E-state index contributed by atoms with van der Waals surface area (Å²) in [6, 6.07) is 0. The average Bonchev–Trinajstić information content (AvgIpc) is 2.25. The third kappa shape index (κ3) is 6.88. The molecule has 3 nitrogen and oxygen atoms in total. The molecule has 0 bridgehead atoms. The Kier molecular flexibility index (Phi) is 9.39. The van der Waals surface area contributed by atoms with Crippen molar-refractivity contribution in [3.8, 4) is 0 Å². The van der Waals surface area contributed by atoms with Gasteiger partial charge in [0.25, 0.3) is 0 Å². The first-order chi connectivity index (χ1) is 7.63. The van der Waals surface area contributed by atoms with Crippen molar-refractivity contribution in [1.82, 2.24) is 0 Å². The van der Waals surface area contributed by atoms with Gasteiger partial charge in [0, 0.05) is 6.42 Å². The Hall–Kier alpha value is -0.510. The summed E-state index contributed by atoms with van der Waals surface area (Å²) in [6.45, 7) is 2.10. The van der Waals surface area contributed by atoms with Gasteiger partial charge in [-0.05, 0) is 18.4 Å². The molecule has 0 aromatic heterocycles. The average molecular weight is 245 g/mol. The van der Waals surface area contributed by atoms with Gasteiger partial charge in [-0.25, -0.2) is 0 Å². The Balaban J connectivity index is 3.96. The van der Waals surface area contributed by atoms with Gasteiger partial charge in [0.2, 0.25) is 0 Å². The SMILES string of the molecule is CCCCCCC(C(=O)[O-])C(=O)CCSC. The van der Waals surface area contributed by atoms with Gasteiger partial charge in [0.1, 0.15) is 5.78 Å². The summed E-state index contributed by atoms with van der Waals surface area (Å²) in [5.41, 5.74) is 0. The lowest BCUT2D eigenvalue weighted by Crippen LogP contribution is -2.36. The van der Waals surface area contributed by atoms with Crippen molar-refractivity contribution >= 4 is 23.5 Å². The van der Waals surface area contributed by atoms with E-state index in [1.54, 1.807) is 11.8 Å². The molecule has 0 radical (unpaired) electrons. The van der Waals surface area contributed by atoms with Crippen LogP contribution in [0.25, 0.3) is 0 Å². The topological polar surface area (TPSA) is 57.2 Å². The molecule has 0 N–H and O–H groups in total. The highest BCUT2D eigenvalue weighted by Crippen LogP contribution is 2.14. The number of thioether (sulfide) groups is 1. The summed E-state index contributed by atoms with van der Waals surface area (Å²) in [5.74, 6) is -1.57. The van der Waals surface area contributed by atoms with E-state index in [0.29, 0.717) is 18.6 Å². The first-order valence-electron chi connectivity index (χ1n) is 5.86. The maximum atomic E-state index is 11.6. The number of unbranched alkanes of at least 4 members (excludes halogenated alkanes) is 3. The van der Waals surface area contributed by atoms with E-state index in [0.717, 1.165) is 25.7 Å². The van der Waals surface area contributed by atoms with Crippen LogP contribution in [0.15, 0.2) is 0 Å². The third-order valence-electron chi connectivity index (χ3n) is 2.57. The highest BCUT2D eigenvalue weighted by molar-refractivity contribution is 7.98. The molecule has 0 aliphatic heterocycles. The Morgan fingerprint density at radius 2 is 1.94 bits per heavy atom. The number of rotatable bonds is 10. The van der Waals surface area contributed by atoms with Crippen molar-refractivity contribution in [3.63, 3.8) is 0 Å². The van der Waals surface area contributed by atoms with E-state index in [4.69, 9.17) is 0 Å². The first-order valence-corrected chi connectivity index (χ1v) is 7.25. The molecule has 0 fully saturated rings. The molecule has 0 aromatic carbocycles. The molecule has 4 heteroatoms. The Morgan fingerprint density at radius 1 is 1.25 bits per heavy atom. The zero-order valence-corrected chi connectivity index (χ0v) is 11.0. The van der Waals surface area contributed by atoms with Crippen molar-refractivity contribution in [2.75, 3.05) is 12.0 Å². The van der Waals surface area contributed by atoms with Gasteiger partial charge in [-0.1, -0.05) is 32.6 Å². The summed E-state index contributed by atoms with van der Waals surface area (Å²) in [4.78, 5) is 22.4. The Morgan fingerprint density at radius 3 is 2.44 bits per heavy atom. The Bertz CT molecular complexity index is 216. The van der Waals surface area contributed by atoms with E-state index in [1.807, 2.05) is 6.26 Å². The summed E-state index contributed by atoms with van der Waals surface area (Å²) < 4.78 is 0. The normalized spacial score (nSPS) is 12.4. The molecule has 0 aromatic rings. The zero-order chi connectivity index (χ0) is 12.4. The monoisotopic (exact) mass is 245 g/mol. The minimum Gasteiger partial charge on any atom is -0.549 e.